The van der Waals surface area contributed by atoms with Crippen LogP contribution in [0.2, 0.25) is 0 Å². The number of morpholine rings is 1. The summed E-state index contributed by atoms with van der Waals surface area (Å²) in [4.78, 5) is 39.3. The molecule has 0 spiro atoms. The second-order valence-electron chi connectivity index (χ2n) is 6.43. The van der Waals surface area contributed by atoms with Gasteiger partial charge in [0.25, 0.3) is 11.8 Å². The number of ether oxygens (including phenoxy) is 4. The third kappa shape index (κ3) is 5.59. The summed E-state index contributed by atoms with van der Waals surface area (Å²) >= 11 is 0. The third-order valence-corrected chi connectivity index (χ3v) is 4.19. The van der Waals surface area contributed by atoms with Crippen molar-refractivity contribution in [1.29, 1.82) is 0 Å². The first-order chi connectivity index (χ1) is 13.3. The zero-order valence-electron chi connectivity index (χ0n) is 16.6. The maximum atomic E-state index is 12.3. The highest BCUT2D eigenvalue weighted by Crippen LogP contribution is 2.28. The number of likely N-dealkylation sites (N-methyl/N-ethyl adjacent to an activating group) is 1. The van der Waals surface area contributed by atoms with Crippen LogP contribution >= 0.6 is 0 Å². The number of benzene rings is 1. The molecule has 0 aliphatic carbocycles. The lowest BCUT2D eigenvalue weighted by Crippen LogP contribution is -2.43. The maximum absolute atomic E-state index is 12.3. The highest BCUT2D eigenvalue weighted by molar-refractivity contribution is 5.92. The fraction of sp³-hybridized carbons (Fsp3) is 0.526. The topological polar surface area (TPSA) is 94.6 Å². The summed E-state index contributed by atoms with van der Waals surface area (Å²) < 4.78 is 21.2. The van der Waals surface area contributed by atoms with Crippen LogP contribution in [0.15, 0.2) is 18.2 Å². The van der Waals surface area contributed by atoms with E-state index in [1.54, 1.807) is 19.0 Å². The van der Waals surface area contributed by atoms with Gasteiger partial charge in [-0.05, 0) is 25.1 Å². The minimum absolute atomic E-state index is 0.144. The Hall–Kier alpha value is -2.81. The average molecular weight is 394 g/mol. The molecule has 1 aromatic rings. The number of hydrogen-bond acceptors (Lipinski definition) is 7. The first kappa shape index (κ1) is 21.5. The number of rotatable bonds is 7. The van der Waals surface area contributed by atoms with E-state index >= 15 is 0 Å². The monoisotopic (exact) mass is 394 g/mol. The lowest BCUT2D eigenvalue weighted by Gasteiger charge is -2.26. The Morgan fingerprint density at radius 1 is 1.18 bits per heavy atom. The number of carbonyl (C=O) groups is 3. The van der Waals surface area contributed by atoms with Crippen LogP contribution in [0.25, 0.3) is 0 Å². The van der Waals surface area contributed by atoms with Gasteiger partial charge in [-0.2, -0.15) is 0 Å². The molecule has 9 nitrogen and oxygen atoms in total. The molecular formula is C19H26N2O7. The van der Waals surface area contributed by atoms with Crippen LogP contribution in [0, 0.1) is 0 Å². The quantitative estimate of drug-likeness (QED) is 0.624. The van der Waals surface area contributed by atoms with Crippen LogP contribution in [0.5, 0.6) is 11.5 Å². The Morgan fingerprint density at radius 2 is 1.86 bits per heavy atom. The molecular weight excluding hydrogens is 368 g/mol. The smallest absolute Gasteiger partial charge is 0.339 e. The van der Waals surface area contributed by atoms with E-state index in [4.69, 9.17) is 18.9 Å². The van der Waals surface area contributed by atoms with Crippen molar-refractivity contribution >= 4 is 17.8 Å². The molecule has 0 bridgehead atoms. The van der Waals surface area contributed by atoms with Gasteiger partial charge >= 0.3 is 5.97 Å². The van der Waals surface area contributed by atoms with E-state index in [-0.39, 0.29) is 29.7 Å². The second kappa shape index (κ2) is 9.93. The van der Waals surface area contributed by atoms with Gasteiger partial charge in [0.1, 0.15) is 0 Å². The van der Waals surface area contributed by atoms with E-state index in [2.05, 4.69) is 0 Å². The van der Waals surface area contributed by atoms with Gasteiger partial charge in [0.15, 0.2) is 24.2 Å². The van der Waals surface area contributed by atoms with E-state index in [1.807, 2.05) is 0 Å². The standard InChI is InChI=1S/C19H26N2O7/c1-13(18(23)20(2)3)28-19(24)14-5-6-15(16(11-14)25-4)27-12-17(22)21-7-9-26-10-8-21/h5-6,11,13H,7-10,12H2,1-4H3/t13-/m1/s1. The van der Waals surface area contributed by atoms with Crippen molar-refractivity contribution < 1.29 is 33.3 Å². The number of amides is 2. The van der Waals surface area contributed by atoms with E-state index < -0.39 is 12.1 Å². The summed E-state index contributed by atoms with van der Waals surface area (Å²) in [5, 5.41) is 0. The molecule has 154 valence electrons. The van der Waals surface area contributed by atoms with E-state index in [9.17, 15) is 14.4 Å². The molecule has 28 heavy (non-hydrogen) atoms. The van der Waals surface area contributed by atoms with E-state index in [0.717, 1.165) is 0 Å². The van der Waals surface area contributed by atoms with Crippen LogP contribution in [-0.2, 0) is 19.1 Å². The fourth-order valence-corrected chi connectivity index (χ4v) is 2.60. The van der Waals surface area contributed by atoms with Crippen molar-refractivity contribution in [2.45, 2.75) is 13.0 Å². The largest absolute Gasteiger partial charge is 0.493 e. The van der Waals surface area contributed by atoms with Gasteiger partial charge < -0.3 is 28.7 Å². The van der Waals surface area contributed by atoms with Gasteiger partial charge in [0.2, 0.25) is 0 Å². The molecule has 2 amide bonds. The van der Waals surface area contributed by atoms with Crippen molar-refractivity contribution in [1.82, 2.24) is 9.80 Å². The van der Waals surface area contributed by atoms with Gasteiger partial charge in [-0.1, -0.05) is 0 Å². The highest BCUT2D eigenvalue weighted by Gasteiger charge is 2.22. The van der Waals surface area contributed by atoms with Crippen molar-refractivity contribution in [3.63, 3.8) is 0 Å². The van der Waals surface area contributed by atoms with Gasteiger partial charge in [-0.25, -0.2) is 4.79 Å². The first-order valence-corrected chi connectivity index (χ1v) is 8.92. The zero-order chi connectivity index (χ0) is 20.7. The molecule has 0 radical (unpaired) electrons. The predicted molar refractivity (Wildman–Crippen MR) is 99.5 cm³/mol. The molecule has 0 aromatic heterocycles. The zero-order valence-corrected chi connectivity index (χ0v) is 16.6. The summed E-state index contributed by atoms with van der Waals surface area (Å²) in [6.07, 6.45) is -0.907. The van der Waals surface area contributed by atoms with Crippen LogP contribution in [0.4, 0.5) is 0 Å². The predicted octanol–water partition coefficient (Wildman–Crippen LogP) is 0.566. The Balaban J connectivity index is 1.99. The Morgan fingerprint density at radius 3 is 2.46 bits per heavy atom. The molecule has 2 rings (SSSR count). The molecule has 1 heterocycles. The Bertz CT molecular complexity index is 714. The number of methoxy groups -OCH3 is 1. The SMILES string of the molecule is COc1cc(C(=O)O[C@H](C)C(=O)N(C)C)ccc1OCC(=O)N1CCOCC1. The minimum Gasteiger partial charge on any atom is -0.493 e. The number of nitrogens with zero attached hydrogens (tertiary/aromatic N) is 2. The molecule has 1 aliphatic rings. The summed E-state index contributed by atoms with van der Waals surface area (Å²) in [6, 6.07) is 4.47. The third-order valence-electron chi connectivity index (χ3n) is 4.19. The Kier molecular flexibility index (Phi) is 7.62. The lowest BCUT2D eigenvalue weighted by atomic mass is 10.2. The van der Waals surface area contributed by atoms with Crippen LogP contribution in [-0.4, -0.2) is 87.8 Å². The number of hydrogen-bond donors (Lipinski definition) is 0. The van der Waals surface area contributed by atoms with Crippen molar-refractivity contribution in [3.05, 3.63) is 23.8 Å². The molecule has 0 unspecified atom stereocenters. The molecule has 1 aliphatic heterocycles. The summed E-state index contributed by atoms with van der Waals surface area (Å²) in [5.74, 6) is -0.502. The molecule has 9 heteroatoms. The van der Waals surface area contributed by atoms with E-state index in [1.165, 1.54) is 37.1 Å². The Labute approximate surface area is 164 Å². The lowest BCUT2D eigenvalue weighted by molar-refractivity contribution is -0.137. The van der Waals surface area contributed by atoms with Gasteiger partial charge in [-0.15, -0.1) is 0 Å². The van der Waals surface area contributed by atoms with Gasteiger partial charge in [0, 0.05) is 27.2 Å². The number of esters is 1. The van der Waals surface area contributed by atoms with Crippen molar-refractivity contribution in [2.24, 2.45) is 0 Å². The number of carbonyl (C=O) groups excluding carboxylic acids is 3. The second-order valence-corrected chi connectivity index (χ2v) is 6.43. The fourth-order valence-electron chi connectivity index (χ4n) is 2.60. The maximum Gasteiger partial charge on any atom is 0.339 e. The molecule has 0 saturated carbocycles. The van der Waals surface area contributed by atoms with E-state index in [0.29, 0.717) is 32.1 Å². The van der Waals surface area contributed by atoms with Gasteiger partial charge in [0.05, 0.1) is 25.9 Å². The van der Waals surface area contributed by atoms with Crippen LogP contribution < -0.4 is 9.47 Å². The average Bonchev–Trinajstić information content (AvgIpc) is 2.71. The molecule has 1 fully saturated rings. The molecule has 1 saturated heterocycles. The van der Waals surface area contributed by atoms with Crippen LogP contribution in [0.3, 0.4) is 0 Å². The molecule has 0 N–H and O–H groups in total. The van der Waals surface area contributed by atoms with Crippen molar-refractivity contribution in [2.75, 3.05) is 54.1 Å². The summed E-state index contributed by atoms with van der Waals surface area (Å²) in [7, 11) is 4.60. The highest BCUT2D eigenvalue weighted by atomic mass is 16.5. The summed E-state index contributed by atoms with van der Waals surface area (Å²) in [6.45, 7) is 3.46. The normalized spacial score (nSPS) is 14.8. The first-order valence-electron chi connectivity index (χ1n) is 8.92. The molecule has 1 aromatic carbocycles. The minimum atomic E-state index is -0.907. The summed E-state index contributed by atoms with van der Waals surface area (Å²) in [5.41, 5.74) is 0.210. The molecule has 1 atom stereocenters. The van der Waals surface area contributed by atoms with Gasteiger partial charge in [-0.3, -0.25) is 9.59 Å². The van der Waals surface area contributed by atoms with Crippen LogP contribution in [0.1, 0.15) is 17.3 Å². The van der Waals surface area contributed by atoms with Crippen molar-refractivity contribution in [3.8, 4) is 11.5 Å².